The first-order valence-electron chi connectivity index (χ1n) is 9.20. The van der Waals surface area contributed by atoms with Gasteiger partial charge < -0.3 is 14.8 Å². The highest BCUT2D eigenvalue weighted by Gasteiger charge is 2.51. The van der Waals surface area contributed by atoms with Gasteiger partial charge in [0.2, 0.25) is 12.7 Å². The van der Waals surface area contributed by atoms with Crippen molar-refractivity contribution in [2.75, 3.05) is 12.1 Å². The van der Waals surface area contributed by atoms with E-state index >= 15 is 0 Å². The number of pyridine rings is 1. The smallest absolute Gasteiger partial charge is 0.236 e. The van der Waals surface area contributed by atoms with E-state index in [0.717, 1.165) is 18.4 Å². The van der Waals surface area contributed by atoms with Crippen molar-refractivity contribution >= 4 is 34.9 Å². The van der Waals surface area contributed by atoms with Crippen LogP contribution in [0.15, 0.2) is 54.6 Å². The van der Waals surface area contributed by atoms with E-state index in [1.807, 2.05) is 42.5 Å². The summed E-state index contributed by atoms with van der Waals surface area (Å²) in [5, 5.41) is 3.85. The maximum atomic E-state index is 13.1. The molecular weight excluding hydrogens is 411 g/mol. The summed E-state index contributed by atoms with van der Waals surface area (Å²) in [5.41, 5.74) is 1.72. The lowest BCUT2D eigenvalue weighted by molar-refractivity contribution is -0.118. The van der Waals surface area contributed by atoms with Crippen LogP contribution in [0, 0.1) is 0 Å². The molecule has 2 aromatic carbocycles. The molecule has 2 aliphatic rings. The van der Waals surface area contributed by atoms with Crippen LogP contribution in [-0.4, -0.2) is 17.7 Å². The van der Waals surface area contributed by atoms with Crippen LogP contribution in [0.2, 0.25) is 10.0 Å². The van der Waals surface area contributed by atoms with E-state index in [4.69, 9.17) is 32.7 Å². The van der Waals surface area contributed by atoms with Gasteiger partial charge in [0, 0.05) is 6.99 Å². The van der Waals surface area contributed by atoms with Crippen molar-refractivity contribution in [2.24, 2.45) is 0 Å². The van der Waals surface area contributed by atoms with Crippen LogP contribution in [0.3, 0.4) is 0 Å². The summed E-state index contributed by atoms with van der Waals surface area (Å²) >= 11 is 12.4. The summed E-state index contributed by atoms with van der Waals surface area (Å²) in [5.74, 6) is 1.77. The Morgan fingerprint density at radius 3 is 2.66 bits per heavy atom. The third kappa shape index (κ3) is 3.20. The van der Waals surface area contributed by atoms with Crippen LogP contribution in [0.5, 0.6) is 11.5 Å². The molecule has 0 atom stereocenters. The minimum absolute atomic E-state index is 0. The molecule has 1 fully saturated rings. The molecule has 1 N–H and O–H groups in total. The molecule has 1 amide bonds. The fourth-order valence-electron chi connectivity index (χ4n) is 3.56. The minimum Gasteiger partial charge on any atom is -0.454 e. The molecule has 5 rings (SSSR count). The van der Waals surface area contributed by atoms with Gasteiger partial charge in [-0.05, 0) is 48.7 Å². The second-order valence-corrected chi connectivity index (χ2v) is 7.90. The monoisotopic (exact) mass is 428 g/mol. The Hall–Kier alpha value is -2.76. The normalized spacial score (nSPS) is 15.8. The fraction of sp³-hybridized carbons (Fsp3) is 0.182. The molecule has 1 aliphatic heterocycles. The van der Waals surface area contributed by atoms with Crippen molar-refractivity contribution < 1.29 is 15.7 Å². The highest BCUT2D eigenvalue weighted by molar-refractivity contribution is 6.43. The number of hydrogen-bond acceptors (Lipinski definition) is 4. The molecule has 0 saturated heterocycles. The number of fused-ring (bicyclic) bond motifs is 1. The lowest BCUT2D eigenvalue weighted by atomic mass is 9.94. The summed E-state index contributed by atoms with van der Waals surface area (Å²) in [6.45, 7) is 0.209. The van der Waals surface area contributed by atoms with Crippen LogP contribution in [-0.2, 0) is 10.2 Å². The lowest BCUT2D eigenvalue weighted by Gasteiger charge is -2.16. The SMILES string of the molecule is O=C(Nc1cccc(-c2cccc(Cl)c2Cl)n1)C1(c2ccc3c(c2)OCO3)CC1.[HH]. The zero-order valence-corrected chi connectivity index (χ0v) is 16.8. The van der Waals surface area contributed by atoms with Crippen molar-refractivity contribution in [1.29, 1.82) is 0 Å². The number of anilines is 1. The Morgan fingerprint density at radius 1 is 1.03 bits per heavy atom. The minimum atomic E-state index is -0.563. The largest absolute Gasteiger partial charge is 0.454 e. The molecule has 29 heavy (non-hydrogen) atoms. The summed E-state index contributed by atoms with van der Waals surface area (Å²) in [6, 6.07) is 16.5. The summed E-state index contributed by atoms with van der Waals surface area (Å²) in [6.07, 6.45) is 1.55. The molecule has 7 heteroatoms. The van der Waals surface area contributed by atoms with Gasteiger partial charge >= 0.3 is 0 Å². The number of nitrogens with zero attached hydrogens (tertiary/aromatic N) is 1. The average molecular weight is 429 g/mol. The van der Waals surface area contributed by atoms with E-state index in [-0.39, 0.29) is 14.1 Å². The molecule has 2 heterocycles. The molecule has 0 radical (unpaired) electrons. The number of benzene rings is 2. The second-order valence-electron chi connectivity index (χ2n) is 7.11. The van der Waals surface area contributed by atoms with Crippen LogP contribution in [0.1, 0.15) is 19.8 Å². The number of ether oxygens (including phenoxy) is 2. The van der Waals surface area contributed by atoms with Crippen molar-refractivity contribution in [3.8, 4) is 22.8 Å². The van der Waals surface area contributed by atoms with E-state index < -0.39 is 5.41 Å². The number of rotatable bonds is 4. The Morgan fingerprint density at radius 2 is 1.83 bits per heavy atom. The van der Waals surface area contributed by atoms with Gasteiger partial charge in [0.25, 0.3) is 0 Å². The quantitative estimate of drug-likeness (QED) is 0.578. The summed E-state index contributed by atoms with van der Waals surface area (Å²) in [4.78, 5) is 17.7. The Kier molecular flexibility index (Phi) is 4.37. The topological polar surface area (TPSA) is 60.5 Å². The van der Waals surface area contributed by atoms with Crippen LogP contribution in [0.25, 0.3) is 11.3 Å². The zero-order valence-electron chi connectivity index (χ0n) is 15.2. The molecule has 1 aromatic heterocycles. The predicted octanol–water partition coefficient (Wildman–Crippen LogP) is 5.70. The second kappa shape index (κ2) is 6.94. The molecule has 0 bridgehead atoms. The van der Waals surface area contributed by atoms with Gasteiger partial charge in [-0.15, -0.1) is 0 Å². The van der Waals surface area contributed by atoms with E-state index in [9.17, 15) is 4.79 Å². The first kappa shape index (κ1) is 18.3. The molecule has 0 spiro atoms. The molecular formula is C22H18Cl2N2O3. The summed E-state index contributed by atoms with van der Waals surface area (Å²) < 4.78 is 10.8. The molecule has 148 valence electrons. The fourth-order valence-corrected chi connectivity index (χ4v) is 3.96. The maximum Gasteiger partial charge on any atom is 0.236 e. The van der Waals surface area contributed by atoms with Gasteiger partial charge in [0.05, 0.1) is 21.2 Å². The average Bonchev–Trinajstić information content (AvgIpc) is 3.41. The van der Waals surface area contributed by atoms with E-state index in [1.165, 1.54) is 0 Å². The number of halogens is 2. The van der Waals surface area contributed by atoms with Crippen LogP contribution in [0.4, 0.5) is 5.82 Å². The molecule has 5 nitrogen and oxygen atoms in total. The third-order valence-corrected chi connectivity index (χ3v) is 6.15. The van der Waals surface area contributed by atoms with E-state index in [1.54, 1.807) is 12.1 Å². The van der Waals surface area contributed by atoms with Gasteiger partial charge in [-0.25, -0.2) is 4.98 Å². The van der Waals surface area contributed by atoms with Gasteiger partial charge in [-0.2, -0.15) is 0 Å². The summed E-state index contributed by atoms with van der Waals surface area (Å²) in [7, 11) is 0. The van der Waals surface area contributed by atoms with Gasteiger partial charge in [-0.3, -0.25) is 4.79 Å². The maximum absolute atomic E-state index is 13.1. The van der Waals surface area contributed by atoms with E-state index in [0.29, 0.717) is 38.6 Å². The first-order valence-corrected chi connectivity index (χ1v) is 9.95. The van der Waals surface area contributed by atoms with Crippen molar-refractivity contribution in [1.82, 2.24) is 4.98 Å². The van der Waals surface area contributed by atoms with Gasteiger partial charge in [0.15, 0.2) is 11.5 Å². The van der Waals surface area contributed by atoms with Crippen molar-refractivity contribution in [3.63, 3.8) is 0 Å². The number of amides is 1. The van der Waals surface area contributed by atoms with Crippen LogP contribution < -0.4 is 14.8 Å². The van der Waals surface area contributed by atoms with Gasteiger partial charge in [0.1, 0.15) is 5.82 Å². The highest BCUT2D eigenvalue weighted by atomic mass is 35.5. The lowest BCUT2D eigenvalue weighted by Crippen LogP contribution is -2.28. The third-order valence-electron chi connectivity index (χ3n) is 5.33. The van der Waals surface area contributed by atoms with Crippen LogP contribution >= 0.6 is 23.2 Å². The predicted molar refractivity (Wildman–Crippen MR) is 114 cm³/mol. The number of carbonyl (C=O) groups excluding carboxylic acids is 1. The molecule has 0 unspecified atom stereocenters. The number of carbonyl (C=O) groups is 1. The van der Waals surface area contributed by atoms with Crippen molar-refractivity contribution in [2.45, 2.75) is 18.3 Å². The Labute approximate surface area is 179 Å². The molecule has 1 aliphatic carbocycles. The number of aromatic nitrogens is 1. The molecule has 1 saturated carbocycles. The Bertz CT molecular complexity index is 1140. The van der Waals surface area contributed by atoms with E-state index in [2.05, 4.69) is 10.3 Å². The highest BCUT2D eigenvalue weighted by Crippen LogP contribution is 2.51. The Balaban J connectivity index is 0.00000218. The first-order chi connectivity index (χ1) is 14.1. The standard InChI is InChI=1S/C22H16Cl2N2O3.H2/c23-15-4-1-3-14(20(15)24)16-5-2-6-19(25-16)26-21(27)22(9-10-22)13-7-8-17-18(11-13)29-12-28-17;/h1-8,11H,9-10,12H2,(H,25,26,27);1H. The number of nitrogens with one attached hydrogen (secondary N) is 1. The van der Waals surface area contributed by atoms with Crippen molar-refractivity contribution in [3.05, 3.63) is 70.2 Å². The van der Waals surface area contributed by atoms with Gasteiger partial charge in [-0.1, -0.05) is 47.5 Å². The number of hydrogen-bond donors (Lipinski definition) is 1. The zero-order chi connectivity index (χ0) is 20.0. The molecule has 3 aromatic rings.